The Hall–Kier alpha value is -2.22. The summed E-state index contributed by atoms with van der Waals surface area (Å²) in [6.45, 7) is 0. The molecule has 3 rings (SSSR count). The summed E-state index contributed by atoms with van der Waals surface area (Å²) in [5.74, 6) is -0.530. The number of benzene rings is 2. The summed E-state index contributed by atoms with van der Waals surface area (Å²) in [6.07, 6.45) is 1.14. The first-order chi connectivity index (χ1) is 11.9. The van der Waals surface area contributed by atoms with E-state index in [2.05, 4.69) is 14.7 Å². The highest BCUT2D eigenvalue weighted by atomic mass is 35.5. The van der Waals surface area contributed by atoms with Crippen LogP contribution in [0.25, 0.3) is 11.1 Å². The highest BCUT2D eigenvalue weighted by molar-refractivity contribution is 7.92. The first-order valence-corrected chi connectivity index (χ1v) is 9.15. The quantitative estimate of drug-likeness (QED) is 0.662. The molecular formula is C16H10Cl2FN3O2S. The van der Waals surface area contributed by atoms with Gasteiger partial charge in [0.25, 0.3) is 10.0 Å². The average molecular weight is 398 g/mol. The Balaban J connectivity index is 2.05. The van der Waals surface area contributed by atoms with E-state index in [1.54, 1.807) is 24.3 Å². The van der Waals surface area contributed by atoms with Gasteiger partial charge in [-0.1, -0.05) is 35.3 Å². The van der Waals surface area contributed by atoms with E-state index < -0.39 is 15.8 Å². The Bertz CT molecular complexity index is 1010. The zero-order valence-electron chi connectivity index (χ0n) is 12.4. The van der Waals surface area contributed by atoms with Crippen molar-refractivity contribution in [1.82, 2.24) is 9.97 Å². The van der Waals surface area contributed by atoms with Crippen molar-refractivity contribution in [2.75, 3.05) is 4.72 Å². The Morgan fingerprint density at radius 3 is 2.20 bits per heavy atom. The van der Waals surface area contributed by atoms with E-state index in [-0.39, 0.29) is 15.9 Å². The second kappa shape index (κ2) is 6.95. The lowest BCUT2D eigenvalue weighted by Crippen LogP contribution is -2.15. The fourth-order valence-corrected chi connectivity index (χ4v) is 3.50. The molecule has 0 atom stereocenters. The fourth-order valence-electron chi connectivity index (χ4n) is 2.11. The standard InChI is InChI=1S/C16H10Cl2FN3O2S/c17-11-3-1-10(2-4-11)14-15(18)20-9-21-16(14)22-25(23,24)13-7-5-12(19)6-8-13/h1-9H,(H,20,21,22). The summed E-state index contributed by atoms with van der Waals surface area (Å²) < 4.78 is 40.4. The summed E-state index contributed by atoms with van der Waals surface area (Å²) in [4.78, 5) is 7.76. The Labute approximate surface area is 153 Å². The molecule has 2 aromatic carbocycles. The van der Waals surface area contributed by atoms with Gasteiger partial charge in [0.1, 0.15) is 17.3 Å². The van der Waals surface area contributed by atoms with Crippen LogP contribution >= 0.6 is 23.2 Å². The molecule has 1 N–H and O–H groups in total. The summed E-state index contributed by atoms with van der Waals surface area (Å²) >= 11 is 12.0. The van der Waals surface area contributed by atoms with Crippen LogP contribution < -0.4 is 4.72 Å². The fraction of sp³-hybridized carbons (Fsp3) is 0. The minimum atomic E-state index is -3.98. The monoisotopic (exact) mass is 397 g/mol. The number of nitrogens with one attached hydrogen (secondary N) is 1. The van der Waals surface area contributed by atoms with Crippen LogP contribution in [-0.2, 0) is 10.0 Å². The van der Waals surface area contributed by atoms with Crippen LogP contribution in [0.1, 0.15) is 0 Å². The molecule has 1 heterocycles. The SMILES string of the molecule is O=S(=O)(Nc1ncnc(Cl)c1-c1ccc(Cl)cc1)c1ccc(F)cc1. The number of sulfonamides is 1. The van der Waals surface area contributed by atoms with Gasteiger partial charge in [-0.25, -0.2) is 22.8 Å². The molecule has 25 heavy (non-hydrogen) atoms. The van der Waals surface area contributed by atoms with E-state index in [1.807, 2.05) is 0 Å². The van der Waals surface area contributed by atoms with Crippen LogP contribution in [0.5, 0.6) is 0 Å². The minimum absolute atomic E-state index is 0.00616. The summed E-state index contributed by atoms with van der Waals surface area (Å²) in [5.41, 5.74) is 0.901. The molecule has 0 saturated heterocycles. The van der Waals surface area contributed by atoms with Gasteiger partial charge in [-0.15, -0.1) is 0 Å². The predicted octanol–water partition coefficient (Wildman–Crippen LogP) is 4.39. The van der Waals surface area contributed by atoms with Gasteiger partial charge in [-0.2, -0.15) is 0 Å². The van der Waals surface area contributed by atoms with E-state index >= 15 is 0 Å². The summed E-state index contributed by atoms with van der Waals surface area (Å²) in [6, 6.07) is 11.0. The molecule has 0 amide bonds. The molecule has 5 nitrogen and oxygen atoms in total. The smallest absolute Gasteiger partial charge is 0.263 e. The second-order valence-corrected chi connectivity index (χ2v) is 7.43. The van der Waals surface area contributed by atoms with Crippen molar-refractivity contribution in [2.24, 2.45) is 0 Å². The molecule has 1 aromatic heterocycles. The minimum Gasteiger partial charge on any atom is -0.263 e. The number of nitrogens with zero attached hydrogens (tertiary/aromatic N) is 2. The van der Waals surface area contributed by atoms with Crippen LogP contribution in [0.3, 0.4) is 0 Å². The van der Waals surface area contributed by atoms with Gasteiger partial charge in [0, 0.05) is 5.02 Å². The largest absolute Gasteiger partial charge is 0.263 e. The molecule has 128 valence electrons. The third-order valence-electron chi connectivity index (χ3n) is 3.29. The topological polar surface area (TPSA) is 72.0 Å². The van der Waals surface area contributed by atoms with Gasteiger partial charge in [-0.05, 0) is 42.0 Å². The van der Waals surface area contributed by atoms with Gasteiger partial charge in [0.05, 0.1) is 10.5 Å². The normalized spacial score (nSPS) is 11.3. The average Bonchev–Trinajstić information content (AvgIpc) is 2.56. The maximum atomic E-state index is 13.0. The lowest BCUT2D eigenvalue weighted by atomic mass is 10.1. The third kappa shape index (κ3) is 3.89. The van der Waals surface area contributed by atoms with Crippen LogP contribution in [-0.4, -0.2) is 18.4 Å². The van der Waals surface area contributed by atoms with Crippen LogP contribution in [0.4, 0.5) is 10.2 Å². The number of hydrogen-bond donors (Lipinski definition) is 1. The maximum Gasteiger partial charge on any atom is 0.263 e. The van der Waals surface area contributed by atoms with E-state index in [9.17, 15) is 12.8 Å². The number of rotatable bonds is 4. The van der Waals surface area contributed by atoms with Crippen LogP contribution in [0.2, 0.25) is 10.2 Å². The third-order valence-corrected chi connectivity index (χ3v) is 5.18. The molecule has 0 spiro atoms. The Morgan fingerprint density at radius 2 is 1.56 bits per heavy atom. The molecule has 0 bridgehead atoms. The zero-order chi connectivity index (χ0) is 18.0. The molecule has 0 aliphatic heterocycles. The van der Waals surface area contributed by atoms with E-state index in [0.29, 0.717) is 16.1 Å². The van der Waals surface area contributed by atoms with Gasteiger partial charge >= 0.3 is 0 Å². The number of hydrogen-bond acceptors (Lipinski definition) is 4. The molecule has 0 fully saturated rings. The number of halogens is 3. The van der Waals surface area contributed by atoms with Gasteiger partial charge < -0.3 is 0 Å². The highest BCUT2D eigenvalue weighted by Crippen LogP contribution is 2.33. The van der Waals surface area contributed by atoms with Gasteiger partial charge in [-0.3, -0.25) is 4.72 Å². The first-order valence-electron chi connectivity index (χ1n) is 6.91. The Kier molecular flexibility index (Phi) is 4.89. The first kappa shape index (κ1) is 17.6. The molecule has 9 heteroatoms. The summed E-state index contributed by atoms with van der Waals surface area (Å²) in [5, 5.41) is 0.597. The molecule has 0 saturated carbocycles. The van der Waals surface area contributed by atoms with Crippen molar-refractivity contribution >= 4 is 39.0 Å². The van der Waals surface area contributed by atoms with Crippen molar-refractivity contribution in [1.29, 1.82) is 0 Å². The van der Waals surface area contributed by atoms with Gasteiger partial charge in [0.2, 0.25) is 0 Å². The molecule has 0 unspecified atom stereocenters. The second-order valence-electron chi connectivity index (χ2n) is 4.95. The van der Waals surface area contributed by atoms with Crippen molar-refractivity contribution < 1.29 is 12.8 Å². The molecule has 3 aromatic rings. The maximum absolute atomic E-state index is 13.0. The molecule has 0 radical (unpaired) electrons. The van der Waals surface area contributed by atoms with Crippen LogP contribution in [0.15, 0.2) is 59.8 Å². The lowest BCUT2D eigenvalue weighted by Gasteiger charge is -2.12. The van der Waals surface area contributed by atoms with Crippen LogP contribution in [0, 0.1) is 5.82 Å². The number of anilines is 1. The van der Waals surface area contributed by atoms with E-state index in [0.717, 1.165) is 30.6 Å². The lowest BCUT2D eigenvalue weighted by molar-refractivity contribution is 0.599. The predicted molar refractivity (Wildman–Crippen MR) is 94.7 cm³/mol. The van der Waals surface area contributed by atoms with Gasteiger partial charge in [0.15, 0.2) is 5.82 Å². The Morgan fingerprint density at radius 1 is 0.920 bits per heavy atom. The van der Waals surface area contributed by atoms with Crippen molar-refractivity contribution in [3.63, 3.8) is 0 Å². The number of aromatic nitrogens is 2. The van der Waals surface area contributed by atoms with Crippen molar-refractivity contribution in [3.05, 3.63) is 70.9 Å². The molecular weight excluding hydrogens is 388 g/mol. The molecule has 0 aliphatic rings. The highest BCUT2D eigenvalue weighted by Gasteiger charge is 2.20. The summed E-state index contributed by atoms with van der Waals surface area (Å²) in [7, 11) is -3.98. The zero-order valence-corrected chi connectivity index (χ0v) is 14.8. The van der Waals surface area contributed by atoms with Crippen molar-refractivity contribution in [2.45, 2.75) is 4.90 Å². The van der Waals surface area contributed by atoms with E-state index in [4.69, 9.17) is 23.2 Å². The van der Waals surface area contributed by atoms with Crippen molar-refractivity contribution in [3.8, 4) is 11.1 Å². The molecule has 0 aliphatic carbocycles. The van der Waals surface area contributed by atoms with E-state index in [1.165, 1.54) is 0 Å².